The van der Waals surface area contributed by atoms with Gasteiger partial charge in [-0.3, -0.25) is 10.1 Å². The Morgan fingerprint density at radius 1 is 0.639 bits per heavy atom. The summed E-state index contributed by atoms with van der Waals surface area (Å²) in [5.74, 6) is 0. The van der Waals surface area contributed by atoms with E-state index >= 15 is 0 Å². The molecule has 3 rings (SSSR count). The molecule has 9 nitrogen and oxygen atoms in total. The Labute approximate surface area is 243 Å². The zero-order chi connectivity index (χ0) is 27.9. The van der Waals surface area contributed by atoms with Crippen molar-refractivity contribution in [1.29, 1.82) is 0 Å². The van der Waals surface area contributed by atoms with Crippen LogP contribution in [0.1, 0.15) is 0 Å². The monoisotopic (exact) mass is 767 g/mol. The Kier molecular flexibility index (Phi) is 12.7. The number of nitro groups is 1. The van der Waals surface area contributed by atoms with Crippen LogP contribution in [0.3, 0.4) is 0 Å². The number of hydrogen-bond donors (Lipinski definition) is 0. The first-order chi connectivity index (χ1) is 16.3. The van der Waals surface area contributed by atoms with Gasteiger partial charge in [0.05, 0.1) is 19.6 Å². The average molecular weight is 770 g/mol. The molecule has 0 saturated heterocycles. The molecule has 0 aliphatic rings. The third-order valence-corrected chi connectivity index (χ3v) is 8.97. The van der Waals surface area contributed by atoms with Crippen LogP contribution < -0.4 is 0 Å². The van der Waals surface area contributed by atoms with Gasteiger partial charge in [0.15, 0.2) is 0 Å². The summed E-state index contributed by atoms with van der Waals surface area (Å²) < 4.78 is 65.4. The highest BCUT2D eigenvalue weighted by Gasteiger charge is 2.18. The van der Waals surface area contributed by atoms with Crippen LogP contribution in [0.4, 0.5) is 5.69 Å². The number of rotatable bonds is 4. The van der Waals surface area contributed by atoms with E-state index in [1.165, 1.54) is 36.4 Å². The molecular weight excluding hydrogens is 759 g/mol. The van der Waals surface area contributed by atoms with E-state index in [1.807, 2.05) is 0 Å². The van der Waals surface area contributed by atoms with Gasteiger partial charge in [-0.25, -0.2) is 25.3 Å². The first-order valence-corrected chi connectivity index (χ1v) is 17.4. The molecule has 0 aliphatic carbocycles. The van der Waals surface area contributed by atoms with Crippen LogP contribution in [0.2, 0.25) is 10.0 Å². The Balaban J connectivity index is 0.000000273. The van der Waals surface area contributed by atoms with Crippen LogP contribution in [0.25, 0.3) is 0 Å². The van der Waals surface area contributed by atoms with Crippen LogP contribution in [-0.2, 0) is 27.2 Å². The molecule has 0 N–H and O–H groups in total. The Morgan fingerprint density at radius 3 is 1.36 bits per heavy atom. The highest BCUT2D eigenvalue weighted by Crippen LogP contribution is 2.28. The van der Waals surface area contributed by atoms with E-state index in [9.17, 15) is 35.4 Å². The molecule has 0 bridgehead atoms. The maximum absolute atomic E-state index is 10.8. The molecule has 3 aromatic carbocycles. The molecule has 18 heteroatoms. The Morgan fingerprint density at radius 2 is 1.00 bits per heavy atom. The zero-order valence-corrected chi connectivity index (χ0v) is 25.4. The predicted molar refractivity (Wildman–Crippen MR) is 148 cm³/mol. The first-order valence-electron chi connectivity index (χ1n) is 8.61. The quantitative estimate of drug-likeness (QED) is 0.124. The van der Waals surface area contributed by atoms with Crippen molar-refractivity contribution in [2.24, 2.45) is 0 Å². The molecule has 3 aromatic rings. The maximum Gasteiger partial charge on any atom is 0.289 e. The summed E-state index contributed by atoms with van der Waals surface area (Å²) >= 11 is 13.1. The largest absolute Gasteiger partial charge is 0.289 e. The maximum atomic E-state index is 10.8. The van der Waals surface area contributed by atoms with Crippen molar-refractivity contribution in [2.75, 3.05) is 0 Å². The molecule has 0 radical (unpaired) electrons. The minimum absolute atomic E-state index is 0.0589. The Bertz CT molecular complexity index is 1480. The minimum atomic E-state index is -3.97. The highest BCUT2D eigenvalue weighted by molar-refractivity contribution is 14.1. The smallest absolute Gasteiger partial charge is 0.258 e. The van der Waals surface area contributed by atoms with Crippen LogP contribution in [-0.4, -0.2) is 30.2 Å². The minimum Gasteiger partial charge on any atom is -0.258 e. The van der Waals surface area contributed by atoms with Gasteiger partial charge in [0.1, 0.15) is 5.02 Å². The first kappa shape index (κ1) is 33.1. The van der Waals surface area contributed by atoms with Gasteiger partial charge in [0.2, 0.25) is 0 Å². The van der Waals surface area contributed by atoms with E-state index in [1.54, 1.807) is 12.1 Å². The number of hydrogen-bond acceptors (Lipinski definition) is 8. The normalized spacial score (nSPS) is 11.4. The molecule has 0 atom stereocenters. The molecule has 0 heterocycles. The number of nitrogens with zero attached hydrogens (tertiary/aromatic N) is 1. The number of halogens is 6. The second kappa shape index (κ2) is 13.8. The lowest BCUT2D eigenvalue weighted by atomic mass is 10.3. The van der Waals surface area contributed by atoms with Crippen molar-refractivity contribution < 1.29 is 30.2 Å². The fourth-order valence-electron chi connectivity index (χ4n) is 1.98. The molecule has 36 heavy (non-hydrogen) atoms. The van der Waals surface area contributed by atoms with Gasteiger partial charge in [-0.1, -0.05) is 23.2 Å². The van der Waals surface area contributed by atoms with Gasteiger partial charge < -0.3 is 0 Å². The lowest BCUT2D eigenvalue weighted by Gasteiger charge is -1.97. The fraction of sp³-hybridized carbons (Fsp3) is 0. The molecule has 0 aromatic heterocycles. The third kappa shape index (κ3) is 11.6. The van der Waals surface area contributed by atoms with Crippen LogP contribution in [0.5, 0.6) is 0 Å². The van der Waals surface area contributed by atoms with E-state index in [-0.39, 0.29) is 19.7 Å². The fourth-order valence-corrected chi connectivity index (χ4v) is 4.96. The van der Waals surface area contributed by atoms with Crippen molar-refractivity contribution in [3.63, 3.8) is 0 Å². The molecule has 0 saturated carbocycles. The van der Waals surface area contributed by atoms with Crippen LogP contribution in [0, 0.1) is 13.7 Å². The van der Waals surface area contributed by atoms with E-state index in [0.29, 0.717) is 5.02 Å². The van der Waals surface area contributed by atoms with Gasteiger partial charge in [-0.15, -0.1) is 0 Å². The summed E-state index contributed by atoms with van der Waals surface area (Å²) in [6, 6.07) is 15.0. The molecule has 0 aliphatic heterocycles. The predicted octanol–water partition coefficient (Wildman–Crippen LogP) is 6.66. The Hall–Kier alpha value is -0.910. The van der Waals surface area contributed by atoms with Crippen molar-refractivity contribution in [3.8, 4) is 0 Å². The van der Waals surface area contributed by atoms with Crippen molar-refractivity contribution in [2.45, 2.75) is 14.7 Å². The lowest BCUT2D eigenvalue weighted by Crippen LogP contribution is -1.94. The molecule has 0 amide bonds. The topological polar surface area (TPSA) is 146 Å². The number of nitro benzene ring substituents is 1. The van der Waals surface area contributed by atoms with Crippen molar-refractivity contribution in [1.82, 2.24) is 0 Å². The van der Waals surface area contributed by atoms with Crippen molar-refractivity contribution >= 4 is 111 Å². The second-order valence-corrected chi connectivity index (χ2v) is 15.9. The summed E-state index contributed by atoms with van der Waals surface area (Å²) in [7, 11) is 3.99. The summed E-state index contributed by atoms with van der Waals surface area (Å²) in [5, 5.41) is 10.7. The average Bonchev–Trinajstić information content (AvgIpc) is 2.73. The third-order valence-electron chi connectivity index (χ3n) is 3.59. The van der Waals surface area contributed by atoms with Gasteiger partial charge in [0.25, 0.3) is 32.8 Å². The summed E-state index contributed by atoms with van der Waals surface area (Å²) in [4.78, 5) is 9.45. The van der Waals surface area contributed by atoms with E-state index in [2.05, 4.69) is 22.6 Å². The molecule has 0 fully saturated rings. The standard InChI is InChI=1S/C6H3Cl2NO4S.C6H4Cl2O2S.C6H4ClIO2S/c7-5-2-1-4(14(8,12)13)3-6(5)9(10)11;7-5-1-3-6(4-2-5)11(8,9)10;7-11(9,10)6-3-1-5(8)2-4-6/h1-3H;2*1-4H. The SMILES string of the molecule is O=S(=O)(Cl)c1ccc(Cl)cc1.O=S(=O)(Cl)c1ccc(I)cc1.O=[N+]([O-])c1cc(S(=O)(=O)Cl)ccc1Cl. The second-order valence-electron chi connectivity index (χ2n) is 6.09. The molecule has 0 unspecified atom stereocenters. The van der Waals surface area contributed by atoms with E-state index in [4.69, 9.17) is 55.2 Å². The summed E-state index contributed by atoms with van der Waals surface area (Å²) in [5.41, 5.74) is -0.492. The lowest BCUT2D eigenvalue weighted by molar-refractivity contribution is -0.384. The summed E-state index contributed by atoms with van der Waals surface area (Å²) in [6.45, 7) is 0. The van der Waals surface area contributed by atoms with Crippen LogP contribution >= 0.6 is 77.8 Å². The van der Waals surface area contributed by atoms with Gasteiger partial charge >= 0.3 is 0 Å². The molecular formula is C18H11Cl5INO8S3. The zero-order valence-electron chi connectivity index (χ0n) is 17.1. The van der Waals surface area contributed by atoms with Gasteiger partial charge in [-0.2, -0.15) is 0 Å². The number of benzene rings is 3. The summed E-state index contributed by atoms with van der Waals surface area (Å²) in [6.07, 6.45) is 0. The van der Waals surface area contributed by atoms with Crippen LogP contribution in [0.15, 0.2) is 81.4 Å². The molecule has 196 valence electrons. The van der Waals surface area contributed by atoms with E-state index in [0.717, 1.165) is 21.8 Å². The highest BCUT2D eigenvalue weighted by atomic mass is 127. The molecule has 0 spiro atoms. The van der Waals surface area contributed by atoms with Gasteiger partial charge in [0, 0.05) is 46.7 Å². The van der Waals surface area contributed by atoms with Crippen molar-refractivity contribution in [3.05, 3.63) is 90.5 Å². The van der Waals surface area contributed by atoms with Gasteiger partial charge in [-0.05, 0) is 83.3 Å². The van der Waals surface area contributed by atoms with E-state index < -0.39 is 37.8 Å².